The van der Waals surface area contributed by atoms with E-state index in [0.29, 0.717) is 29.3 Å². The Morgan fingerprint density at radius 2 is 1.76 bits per heavy atom. The minimum absolute atomic E-state index is 0.232. The number of nitrogens with two attached hydrogens (primary N) is 1. The highest BCUT2D eigenvalue weighted by Gasteiger charge is 2.39. The highest BCUT2D eigenvalue weighted by Crippen LogP contribution is 2.44. The van der Waals surface area contributed by atoms with Gasteiger partial charge in [0.2, 0.25) is 11.8 Å². The Morgan fingerprint density at radius 1 is 1.00 bits per heavy atom. The van der Waals surface area contributed by atoms with Crippen molar-refractivity contribution in [2.75, 3.05) is 10.6 Å². The second-order valence-corrected chi connectivity index (χ2v) is 11.2. The standard InChI is InChI=1S/C33H35F2N3O3/c1-20-23-10-5-6-11-24(23)31-27(36)12-7-13-29(31)38(32(20)40)33(41)28(17-15-21-8-3-2-4-9-21)37-30(39)19-22-14-16-25(34)26(35)18-22/h5-7,10-14,16,18,20-21,28H,2-4,8-9,15,17,19,36H2,1H3,(H,37,39)/t20?,28-/m0/s1. The van der Waals surface area contributed by atoms with Crippen LogP contribution in [-0.4, -0.2) is 23.8 Å². The number of nitrogens with zero attached hydrogens (tertiary/aromatic N) is 1. The lowest BCUT2D eigenvalue weighted by atomic mass is 9.85. The SMILES string of the molecule is CC1C(=O)N(C(=O)[C@H](CCC2CCCCC2)NC(=O)Cc2ccc(F)c(F)c2)c2cccc(N)c2-c2ccccc21. The first-order valence-electron chi connectivity index (χ1n) is 14.3. The molecule has 214 valence electrons. The Bertz CT molecular complexity index is 1470. The molecule has 2 aliphatic rings. The topological polar surface area (TPSA) is 92.5 Å². The van der Waals surface area contributed by atoms with Crippen molar-refractivity contribution >= 4 is 29.1 Å². The molecule has 1 aliphatic carbocycles. The number of carbonyl (C=O) groups excluding carboxylic acids is 3. The van der Waals surface area contributed by atoms with Gasteiger partial charge in [-0.1, -0.05) is 68.5 Å². The molecule has 6 nitrogen and oxygen atoms in total. The van der Waals surface area contributed by atoms with Gasteiger partial charge in [-0.2, -0.15) is 0 Å². The highest BCUT2D eigenvalue weighted by atomic mass is 19.2. The Balaban J connectivity index is 1.48. The van der Waals surface area contributed by atoms with Crippen molar-refractivity contribution in [2.24, 2.45) is 5.92 Å². The summed E-state index contributed by atoms with van der Waals surface area (Å²) in [6.45, 7) is 1.77. The zero-order valence-corrected chi connectivity index (χ0v) is 23.2. The summed E-state index contributed by atoms with van der Waals surface area (Å²) in [6.07, 6.45) is 6.46. The molecule has 41 heavy (non-hydrogen) atoms. The zero-order valence-electron chi connectivity index (χ0n) is 23.2. The first kappa shape index (κ1) is 28.5. The fourth-order valence-electron chi connectivity index (χ4n) is 6.18. The van der Waals surface area contributed by atoms with E-state index in [-0.39, 0.29) is 12.0 Å². The molecule has 8 heteroatoms. The van der Waals surface area contributed by atoms with Crippen LogP contribution in [-0.2, 0) is 20.8 Å². The average Bonchev–Trinajstić information content (AvgIpc) is 3.06. The second kappa shape index (κ2) is 12.2. The van der Waals surface area contributed by atoms with E-state index in [1.54, 1.807) is 25.1 Å². The number of anilines is 2. The molecule has 1 saturated carbocycles. The summed E-state index contributed by atoms with van der Waals surface area (Å²) in [5, 5.41) is 2.83. The van der Waals surface area contributed by atoms with E-state index in [4.69, 9.17) is 5.73 Å². The quantitative estimate of drug-likeness (QED) is 0.333. The zero-order chi connectivity index (χ0) is 29.1. The van der Waals surface area contributed by atoms with Crippen LogP contribution in [0.4, 0.5) is 20.2 Å². The number of carbonyl (C=O) groups is 3. The Hall–Kier alpha value is -4.07. The molecule has 3 N–H and O–H groups in total. The average molecular weight is 560 g/mol. The van der Waals surface area contributed by atoms with Crippen molar-refractivity contribution in [3.63, 3.8) is 0 Å². The van der Waals surface area contributed by atoms with E-state index in [9.17, 15) is 23.2 Å². The van der Waals surface area contributed by atoms with Gasteiger partial charge in [-0.15, -0.1) is 0 Å². The predicted octanol–water partition coefficient (Wildman–Crippen LogP) is 6.28. The van der Waals surface area contributed by atoms with Crippen LogP contribution in [0.5, 0.6) is 0 Å². The molecule has 0 bridgehead atoms. The van der Waals surface area contributed by atoms with Crippen LogP contribution in [0.2, 0.25) is 0 Å². The third-order valence-corrected chi connectivity index (χ3v) is 8.39. The molecular formula is C33H35F2N3O3. The maximum absolute atomic E-state index is 14.3. The summed E-state index contributed by atoms with van der Waals surface area (Å²) < 4.78 is 27.2. The predicted molar refractivity (Wildman–Crippen MR) is 155 cm³/mol. The van der Waals surface area contributed by atoms with Gasteiger partial charge < -0.3 is 11.1 Å². The number of benzene rings is 3. The maximum atomic E-state index is 14.3. The van der Waals surface area contributed by atoms with Gasteiger partial charge in [-0.25, -0.2) is 13.7 Å². The van der Waals surface area contributed by atoms with Gasteiger partial charge >= 0.3 is 0 Å². The summed E-state index contributed by atoms with van der Waals surface area (Å²) >= 11 is 0. The van der Waals surface area contributed by atoms with Crippen molar-refractivity contribution in [2.45, 2.75) is 70.3 Å². The van der Waals surface area contributed by atoms with Crippen molar-refractivity contribution in [1.29, 1.82) is 0 Å². The maximum Gasteiger partial charge on any atom is 0.256 e. The molecule has 0 aromatic heterocycles. The number of rotatable bonds is 7. The molecular weight excluding hydrogens is 524 g/mol. The number of hydrogen-bond acceptors (Lipinski definition) is 4. The van der Waals surface area contributed by atoms with Crippen LogP contribution in [0, 0.1) is 17.6 Å². The molecule has 3 aromatic carbocycles. The summed E-state index contributed by atoms with van der Waals surface area (Å²) in [5.74, 6) is -3.67. The Morgan fingerprint density at radius 3 is 2.51 bits per heavy atom. The number of nitrogens with one attached hydrogen (secondary N) is 1. The van der Waals surface area contributed by atoms with Crippen molar-refractivity contribution in [3.8, 4) is 11.1 Å². The Kier molecular flexibility index (Phi) is 8.47. The van der Waals surface area contributed by atoms with Crippen LogP contribution in [0.3, 0.4) is 0 Å². The number of imide groups is 1. The minimum Gasteiger partial charge on any atom is -0.398 e. The number of halogens is 2. The van der Waals surface area contributed by atoms with E-state index >= 15 is 0 Å². The third-order valence-electron chi connectivity index (χ3n) is 8.39. The van der Waals surface area contributed by atoms with E-state index in [1.807, 2.05) is 24.3 Å². The van der Waals surface area contributed by atoms with Gasteiger partial charge in [0.05, 0.1) is 18.0 Å². The summed E-state index contributed by atoms with van der Waals surface area (Å²) in [7, 11) is 0. The van der Waals surface area contributed by atoms with Gasteiger partial charge in [0.25, 0.3) is 5.91 Å². The molecule has 0 saturated heterocycles. The van der Waals surface area contributed by atoms with E-state index in [0.717, 1.165) is 55.4 Å². The highest BCUT2D eigenvalue weighted by molar-refractivity contribution is 6.22. The monoisotopic (exact) mass is 559 g/mol. The van der Waals surface area contributed by atoms with Crippen LogP contribution >= 0.6 is 0 Å². The van der Waals surface area contributed by atoms with Gasteiger partial charge in [-0.3, -0.25) is 14.4 Å². The van der Waals surface area contributed by atoms with Gasteiger partial charge in [0, 0.05) is 11.3 Å². The smallest absolute Gasteiger partial charge is 0.256 e. The molecule has 1 fully saturated rings. The second-order valence-electron chi connectivity index (χ2n) is 11.2. The van der Waals surface area contributed by atoms with Crippen LogP contribution in [0.25, 0.3) is 11.1 Å². The Labute approximate surface area is 238 Å². The first-order valence-corrected chi connectivity index (χ1v) is 14.3. The molecule has 2 atom stereocenters. The van der Waals surface area contributed by atoms with Gasteiger partial charge in [-0.05, 0) is 66.6 Å². The van der Waals surface area contributed by atoms with Crippen molar-refractivity contribution in [1.82, 2.24) is 5.32 Å². The van der Waals surface area contributed by atoms with Crippen molar-refractivity contribution in [3.05, 3.63) is 83.4 Å². The van der Waals surface area contributed by atoms with Crippen LogP contribution in [0.15, 0.2) is 60.7 Å². The third kappa shape index (κ3) is 6.01. The summed E-state index contributed by atoms with van der Waals surface area (Å²) in [5.41, 5.74) is 9.70. The lowest BCUT2D eigenvalue weighted by Gasteiger charge is -2.30. The van der Waals surface area contributed by atoms with Crippen molar-refractivity contribution < 1.29 is 23.2 Å². The number of amides is 3. The van der Waals surface area contributed by atoms with Crippen LogP contribution < -0.4 is 16.0 Å². The fraction of sp³-hybridized carbons (Fsp3) is 0.364. The lowest BCUT2D eigenvalue weighted by molar-refractivity contribution is -0.131. The number of hydrogen-bond donors (Lipinski definition) is 2. The van der Waals surface area contributed by atoms with E-state index in [1.165, 1.54) is 17.4 Å². The van der Waals surface area contributed by atoms with Gasteiger partial charge in [0.1, 0.15) is 6.04 Å². The molecule has 5 rings (SSSR count). The summed E-state index contributed by atoms with van der Waals surface area (Å²) in [4.78, 5) is 42.6. The lowest BCUT2D eigenvalue weighted by Crippen LogP contribution is -2.52. The molecule has 3 aromatic rings. The van der Waals surface area contributed by atoms with E-state index in [2.05, 4.69) is 5.32 Å². The summed E-state index contributed by atoms with van der Waals surface area (Å²) in [6, 6.07) is 14.9. The first-order chi connectivity index (χ1) is 19.7. The molecule has 1 unspecified atom stereocenters. The molecule has 3 amide bonds. The molecule has 0 radical (unpaired) electrons. The largest absolute Gasteiger partial charge is 0.398 e. The minimum atomic E-state index is -1.04. The normalized spacial score (nSPS) is 17.8. The van der Waals surface area contributed by atoms with Gasteiger partial charge in [0.15, 0.2) is 11.6 Å². The number of fused-ring (bicyclic) bond motifs is 3. The molecule has 0 spiro atoms. The van der Waals surface area contributed by atoms with E-state index < -0.39 is 41.3 Å². The molecule has 1 heterocycles. The fourth-order valence-corrected chi connectivity index (χ4v) is 6.18. The van der Waals surface area contributed by atoms with Crippen LogP contribution in [0.1, 0.15) is 68.9 Å². The number of nitrogen functional groups attached to an aromatic ring is 1. The molecule has 1 aliphatic heterocycles.